The molecule has 1 aromatic carbocycles. The van der Waals surface area contributed by atoms with Crippen molar-refractivity contribution >= 4 is 27.5 Å². The maximum Gasteiger partial charge on any atom is 0.243 e. The molecule has 0 radical (unpaired) electrons. The van der Waals surface area contributed by atoms with Gasteiger partial charge in [-0.1, -0.05) is 37.8 Å². The van der Waals surface area contributed by atoms with Crippen LogP contribution in [0.1, 0.15) is 39.5 Å². The van der Waals surface area contributed by atoms with Gasteiger partial charge >= 0.3 is 0 Å². The highest BCUT2D eigenvalue weighted by Gasteiger charge is 2.29. The Bertz CT molecular complexity index is 701. The van der Waals surface area contributed by atoms with E-state index in [1.165, 1.54) is 29.3 Å². The minimum Gasteiger partial charge on any atom is -0.353 e. The summed E-state index contributed by atoms with van der Waals surface area (Å²) in [5.74, 6) is 0.00741. The van der Waals surface area contributed by atoms with Gasteiger partial charge in [-0.2, -0.15) is 4.31 Å². The number of amides is 1. The third-order valence-corrected chi connectivity index (χ3v) is 6.96. The molecule has 0 unspecified atom stereocenters. The topological polar surface area (TPSA) is 69.7 Å². The predicted molar refractivity (Wildman–Crippen MR) is 108 cm³/mol. The maximum absolute atomic E-state index is 12.7. The van der Waals surface area contributed by atoms with Gasteiger partial charge in [0.25, 0.3) is 0 Å². The normalized spacial score (nSPS) is 17.6. The average molecular weight is 416 g/mol. The summed E-state index contributed by atoms with van der Waals surface area (Å²) in [5, 5.41) is 3.54. The van der Waals surface area contributed by atoms with Gasteiger partial charge in [0, 0.05) is 37.2 Å². The zero-order chi connectivity index (χ0) is 19.9. The fourth-order valence-corrected chi connectivity index (χ4v) is 4.73. The fourth-order valence-electron chi connectivity index (χ4n) is 3.18. The van der Waals surface area contributed by atoms with Crippen LogP contribution < -0.4 is 5.32 Å². The lowest BCUT2D eigenvalue weighted by molar-refractivity contribution is -0.123. The first-order valence-electron chi connectivity index (χ1n) is 9.60. The number of rotatable bonds is 9. The van der Waals surface area contributed by atoms with Gasteiger partial charge in [0.2, 0.25) is 15.9 Å². The van der Waals surface area contributed by atoms with Gasteiger partial charge in [-0.25, -0.2) is 8.42 Å². The number of piperazine rings is 1. The molecule has 0 aliphatic carbocycles. The monoisotopic (exact) mass is 415 g/mol. The first kappa shape index (κ1) is 22.1. The van der Waals surface area contributed by atoms with Gasteiger partial charge in [0.05, 0.1) is 11.4 Å². The first-order valence-corrected chi connectivity index (χ1v) is 11.4. The molecule has 1 aliphatic heterocycles. The van der Waals surface area contributed by atoms with E-state index in [4.69, 9.17) is 11.6 Å². The van der Waals surface area contributed by atoms with Crippen LogP contribution in [0.4, 0.5) is 0 Å². The zero-order valence-corrected chi connectivity index (χ0v) is 17.7. The van der Waals surface area contributed by atoms with Gasteiger partial charge in [-0.05, 0) is 37.6 Å². The standard InChI is InChI=1S/C19H30ClN3O3S/c1-3-4-5-6-16(2)21-19(24)15-22-11-13-23(14-12-22)27(25,26)18-9-7-17(20)8-10-18/h7-10,16H,3-6,11-15H2,1-2H3,(H,21,24)/t16-/m0/s1. The van der Waals surface area contributed by atoms with E-state index in [0.29, 0.717) is 37.7 Å². The Labute approximate surface area is 167 Å². The Balaban J connectivity index is 1.79. The predicted octanol–water partition coefficient (Wildman–Crippen LogP) is 2.73. The molecule has 152 valence electrons. The molecule has 1 atom stereocenters. The van der Waals surface area contributed by atoms with Crippen LogP contribution in [0, 0.1) is 0 Å². The van der Waals surface area contributed by atoms with Crippen molar-refractivity contribution in [3.05, 3.63) is 29.3 Å². The summed E-state index contributed by atoms with van der Waals surface area (Å²) in [6.07, 6.45) is 4.47. The second kappa shape index (κ2) is 10.4. The van der Waals surface area contributed by atoms with E-state index in [1.54, 1.807) is 12.1 Å². The molecule has 0 spiro atoms. The van der Waals surface area contributed by atoms with Crippen LogP contribution >= 0.6 is 11.6 Å². The highest BCUT2D eigenvalue weighted by Crippen LogP contribution is 2.19. The number of benzene rings is 1. The molecule has 1 saturated heterocycles. The summed E-state index contributed by atoms with van der Waals surface area (Å²) in [4.78, 5) is 14.4. The number of nitrogens with zero attached hydrogens (tertiary/aromatic N) is 2. The molecule has 1 aromatic rings. The van der Waals surface area contributed by atoms with Crippen LogP contribution in [0.15, 0.2) is 29.2 Å². The number of halogens is 1. The molecular formula is C19H30ClN3O3S. The van der Waals surface area contributed by atoms with Crippen LogP contribution in [-0.4, -0.2) is 62.3 Å². The summed E-state index contributed by atoms with van der Waals surface area (Å²) >= 11 is 5.83. The number of unbranched alkanes of at least 4 members (excludes halogenated alkanes) is 2. The molecule has 6 nitrogen and oxygen atoms in total. The Morgan fingerprint density at radius 3 is 2.37 bits per heavy atom. The molecule has 0 aromatic heterocycles. The second-order valence-electron chi connectivity index (χ2n) is 7.10. The van der Waals surface area contributed by atoms with Crippen molar-refractivity contribution in [2.45, 2.75) is 50.5 Å². The van der Waals surface area contributed by atoms with Crippen LogP contribution in [-0.2, 0) is 14.8 Å². The van der Waals surface area contributed by atoms with Crippen molar-refractivity contribution in [2.75, 3.05) is 32.7 Å². The lowest BCUT2D eigenvalue weighted by Gasteiger charge is -2.33. The number of sulfonamides is 1. The van der Waals surface area contributed by atoms with Gasteiger partial charge in [0.15, 0.2) is 0 Å². The first-order chi connectivity index (χ1) is 12.8. The van der Waals surface area contributed by atoms with Gasteiger partial charge < -0.3 is 5.32 Å². The Morgan fingerprint density at radius 2 is 1.78 bits per heavy atom. The summed E-state index contributed by atoms with van der Waals surface area (Å²) < 4.78 is 26.8. The van der Waals surface area contributed by atoms with E-state index in [1.807, 2.05) is 11.8 Å². The largest absolute Gasteiger partial charge is 0.353 e. The molecule has 2 rings (SSSR count). The number of nitrogens with one attached hydrogen (secondary N) is 1. The number of hydrogen-bond acceptors (Lipinski definition) is 4. The number of carbonyl (C=O) groups is 1. The summed E-state index contributed by atoms with van der Waals surface area (Å²) in [6, 6.07) is 6.39. The molecule has 0 bridgehead atoms. The Hall–Kier alpha value is -1.15. The van der Waals surface area contributed by atoms with Crippen LogP contribution in [0.2, 0.25) is 5.02 Å². The lowest BCUT2D eigenvalue weighted by atomic mass is 10.1. The van der Waals surface area contributed by atoms with Gasteiger partial charge in [-0.3, -0.25) is 9.69 Å². The van der Waals surface area contributed by atoms with E-state index in [0.717, 1.165) is 12.8 Å². The fraction of sp³-hybridized carbons (Fsp3) is 0.632. The van der Waals surface area contributed by atoms with Crippen molar-refractivity contribution in [3.63, 3.8) is 0 Å². The molecule has 1 amide bonds. The molecule has 1 aliphatic rings. The molecule has 1 heterocycles. The lowest BCUT2D eigenvalue weighted by Crippen LogP contribution is -2.51. The number of carbonyl (C=O) groups excluding carboxylic acids is 1. The highest BCUT2D eigenvalue weighted by molar-refractivity contribution is 7.89. The summed E-state index contributed by atoms with van der Waals surface area (Å²) in [6.45, 7) is 6.36. The van der Waals surface area contributed by atoms with Crippen molar-refractivity contribution < 1.29 is 13.2 Å². The third-order valence-electron chi connectivity index (χ3n) is 4.80. The average Bonchev–Trinajstić information content (AvgIpc) is 2.62. The molecule has 1 N–H and O–H groups in total. The van der Waals surface area contributed by atoms with E-state index >= 15 is 0 Å². The maximum atomic E-state index is 12.7. The van der Waals surface area contributed by atoms with Crippen molar-refractivity contribution in [1.29, 1.82) is 0 Å². The minimum atomic E-state index is -3.52. The van der Waals surface area contributed by atoms with Crippen molar-refractivity contribution in [3.8, 4) is 0 Å². The van der Waals surface area contributed by atoms with Crippen LogP contribution in [0.3, 0.4) is 0 Å². The molecule has 0 saturated carbocycles. The SMILES string of the molecule is CCCCC[C@H](C)NC(=O)CN1CCN(S(=O)(=O)c2ccc(Cl)cc2)CC1. The molecule has 27 heavy (non-hydrogen) atoms. The second-order valence-corrected chi connectivity index (χ2v) is 9.47. The van der Waals surface area contributed by atoms with Crippen LogP contribution in [0.5, 0.6) is 0 Å². The summed E-state index contributed by atoms with van der Waals surface area (Å²) in [7, 11) is -3.52. The minimum absolute atomic E-state index is 0.00741. The molecule has 1 fully saturated rings. The van der Waals surface area contributed by atoms with E-state index in [9.17, 15) is 13.2 Å². The Kier molecular flexibility index (Phi) is 8.54. The highest BCUT2D eigenvalue weighted by atomic mass is 35.5. The van der Waals surface area contributed by atoms with E-state index in [-0.39, 0.29) is 16.8 Å². The number of hydrogen-bond donors (Lipinski definition) is 1. The van der Waals surface area contributed by atoms with Crippen LogP contribution in [0.25, 0.3) is 0 Å². The van der Waals surface area contributed by atoms with Gasteiger partial charge in [0.1, 0.15) is 0 Å². The molecular weight excluding hydrogens is 386 g/mol. The van der Waals surface area contributed by atoms with Gasteiger partial charge in [-0.15, -0.1) is 0 Å². The smallest absolute Gasteiger partial charge is 0.243 e. The quantitative estimate of drug-likeness (QED) is 0.629. The van der Waals surface area contributed by atoms with E-state index < -0.39 is 10.0 Å². The van der Waals surface area contributed by atoms with Crippen molar-refractivity contribution in [1.82, 2.24) is 14.5 Å². The zero-order valence-electron chi connectivity index (χ0n) is 16.2. The Morgan fingerprint density at radius 1 is 1.15 bits per heavy atom. The van der Waals surface area contributed by atoms with Crippen molar-refractivity contribution in [2.24, 2.45) is 0 Å². The summed E-state index contributed by atoms with van der Waals surface area (Å²) in [5.41, 5.74) is 0. The molecule has 8 heteroatoms. The van der Waals surface area contributed by atoms with E-state index in [2.05, 4.69) is 12.2 Å². The third kappa shape index (κ3) is 6.75.